The minimum atomic E-state index is 0.124. The van der Waals surface area contributed by atoms with Gasteiger partial charge in [0.25, 0.3) is 0 Å². The lowest BCUT2D eigenvalue weighted by Gasteiger charge is -2.04. The van der Waals surface area contributed by atoms with Crippen molar-refractivity contribution in [3.8, 4) is 11.4 Å². The van der Waals surface area contributed by atoms with Crippen molar-refractivity contribution in [3.05, 3.63) is 29.3 Å². The fourth-order valence-corrected chi connectivity index (χ4v) is 2.33. The molecule has 1 heterocycles. The number of hydrogen-bond donors (Lipinski definition) is 1. The summed E-state index contributed by atoms with van der Waals surface area (Å²) in [5, 5.41) is 18.4. The van der Waals surface area contributed by atoms with Crippen LogP contribution >= 0.6 is 23.4 Å². The van der Waals surface area contributed by atoms with Gasteiger partial charge in [0, 0.05) is 18.4 Å². The Balaban J connectivity index is 2.34. The van der Waals surface area contributed by atoms with Gasteiger partial charge < -0.3 is 9.67 Å². The lowest BCUT2D eigenvalue weighted by Crippen LogP contribution is -1.96. The Morgan fingerprint density at radius 1 is 1.35 bits per heavy atom. The van der Waals surface area contributed by atoms with Crippen LogP contribution in [-0.4, -0.2) is 32.2 Å². The van der Waals surface area contributed by atoms with Crippen molar-refractivity contribution < 1.29 is 5.11 Å². The van der Waals surface area contributed by atoms with E-state index in [4.69, 9.17) is 16.7 Å². The Hall–Kier alpha value is -1.04. The second-order valence-corrected chi connectivity index (χ2v) is 4.89. The van der Waals surface area contributed by atoms with Gasteiger partial charge in [0.1, 0.15) is 0 Å². The van der Waals surface area contributed by atoms with E-state index in [2.05, 4.69) is 10.2 Å². The zero-order chi connectivity index (χ0) is 12.3. The second-order valence-electron chi connectivity index (χ2n) is 3.42. The molecule has 17 heavy (non-hydrogen) atoms. The molecule has 4 nitrogen and oxygen atoms in total. The van der Waals surface area contributed by atoms with E-state index in [0.29, 0.717) is 10.8 Å². The standard InChI is InChI=1S/C11H12ClN3OS/c1-15-10(8-4-2-3-5-9(8)12)13-14-11(15)17-7-6-16/h2-5,16H,6-7H2,1H3. The Bertz CT molecular complexity index is 515. The Morgan fingerprint density at radius 3 is 2.82 bits per heavy atom. The van der Waals surface area contributed by atoms with Gasteiger partial charge in [0.2, 0.25) is 0 Å². The number of aliphatic hydroxyl groups is 1. The predicted molar refractivity (Wildman–Crippen MR) is 69.3 cm³/mol. The van der Waals surface area contributed by atoms with E-state index >= 15 is 0 Å². The summed E-state index contributed by atoms with van der Waals surface area (Å²) in [4.78, 5) is 0. The van der Waals surface area contributed by atoms with Crippen LogP contribution < -0.4 is 0 Å². The predicted octanol–water partition coefficient (Wildman–Crippen LogP) is 2.22. The van der Waals surface area contributed by atoms with Gasteiger partial charge in [-0.1, -0.05) is 35.5 Å². The first-order valence-corrected chi connectivity index (χ1v) is 6.48. The molecule has 0 spiro atoms. The number of benzene rings is 1. The molecule has 0 bridgehead atoms. The topological polar surface area (TPSA) is 50.9 Å². The first-order chi connectivity index (χ1) is 8.24. The maximum atomic E-state index is 8.79. The van der Waals surface area contributed by atoms with Crippen LogP contribution in [0.15, 0.2) is 29.4 Å². The Kier molecular flexibility index (Phi) is 4.04. The third-order valence-electron chi connectivity index (χ3n) is 2.27. The van der Waals surface area contributed by atoms with E-state index < -0.39 is 0 Å². The summed E-state index contributed by atoms with van der Waals surface area (Å²) in [5.74, 6) is 1.34. The van der Waals surface area contributed by atoms with Gasteiger partial charge in [-0.25, -0.2) is 0 Å². The Morgan fingerprint density at radius 2 is 2.12 bits per heavy atom. The SMILES string of the molecule is Cn1c(SCCO)nnc1-c1ccccc1Cl. The lowest BCUT2D eigenvalue weighted by molar-refractivity contribution is 0.322. The average Bonchev–Trinajstić information content (AvgIpc) is 2.69. The molecule has 0 atom stereocenters. The summed E-state index contributed by atoms with van der Waals surface area (Å²) in [6.45, 7) is 0.124. The molecule has 2 aromatic rings. The van der Waals surface area contributed by atoms with Gasteiger partial charge in [-0.2, -0.15) is 0 Å². The number of hydrogen-bond acceptors (Lipinski definition) is 4. The van der Waals surface area contributed by atoms with E-state index in [0.717, 1.165) is 16.5 Å². The first-order valence-electron chi connectivity index (χ1n) is 5.12. The third-order valence-corrected chi connectivity index (χ3v) is 3.60. The van der Waals surface area contributed by atoms with Gasteiger partial charge in [0.15, 0.2) is 11.0 Å². The molecule has 0 fully saturated rings. The summed E-state index contributed by atoms with van der Waals surface area (Å²) >= 11 is 7.58. The van der Waals surface area contributed by atoms with Crippen molar-refractivity contribution >= 4 is 23.4 Å². The zero-order valence-corrected chi connectivity index (χ0v) is 10.9. The van der Waals surface area contributed by atoms with Crippen LogP contribution in [0, 0.1) is 0 Å². The van der Waals surface area contributed by atoms with E-state index in [9.17, 15) is 0 Å². The van der Waals surface area contributed by atoms with Crippen molar-refractivity contribution in [3.63, 3.8) is 0 Å². The molecule has 1 N–H and O–H groups in total. The first kappa shape index (κ1) is 12.4. The molecule has 0 saturated heterocycles. The van der Waals surface area contributed by atoms with Crippen LogP contribution in [-0.2, 0) is 7.05 Å². The lowest BCUT2D eigenvalue weighted by atomic mass is 10.2. The van der Waals surface area contributed by atoms with Gasteiger partial charge in [-0.3, -0.25) is 0 Å². The normalized spacial score (nSPS) is 10.8. The van der Waals surface area contributed by atoms with Crippen LogP contribution in [0.4, 0.5) is 0 Å². The van der Waals surface area contributed by atoms with Gasteiger partial charge in [-0.05, 0) is 12.1 Å². The molecule has 0 radical (unpaired) electrons. The van der Waals surface area contributed by atoms with Gasteiger partial charge in [-0.15, -0.1) is 10.2 Å². The van der Waals surface area contributed by atoms with Crippen molar-refractivity contribution in [2.75, 3.05) is 12.4 Å². The van der Waals surface area contributed by atoms with Crippen LogP contribution in [0.25, 0.3) is 11.4 Å². The minimum Gasteiger partial charge on any atom is -0.396 e. The zero-order valence-electron chi connectivity index (χ0n) is 9.30. The molecule has 0 amide bonds. The molecule has 1 aromatic heterocycles. The fourth-order valence-electron chi connectivity index (χ4n) is 1.45. The molecule has 0 saturated carbocycles. The van der Waals surface area contributed by atoms with E-state index in [-0.39, 0.29) is 6.61 Å². The van der Waals surface area contributed by atoms with Crippen molar-refractivity contribution in [2.45, 2.75) is 5.16 Å². The number of aromatic nitrogens is 3. The molecule has 0 aliphatic carbocycles. The van der Waals surface area contributed by atoms with Crippen LogP contribution in [0.5, 0.6) is 0 Å². The molecule has 6 heteroatoms. The summed E-state index contributed by atoms with van der Waals surface area (Å²) in [6.07, 6.45) is 0. The van der Waals surface area contributed by atoms with Crippen molar-refractivity contribution in [1.29, 1.82) is 0 Å². The molecule has 1 aromatic carbocycles. The molecular weight excluding hydrogens is 258 g/mol. The molecule has 0 aliphatic rings. The fraction of sp³-hybridized carbons (Fsp3) is 0.273. The maximum Gasteiger partial charge on any atom is 0.191 e. The number of rotatable bonds is 4. The summed E-state index contributed by atoms with van der Waals surface area (Å²) in [5.41, 5.74) is 0.861. The van der Waals surface area contributed by atoms with Gasteiger partial charge >= 0.3 is 0 Å². The second kappa shape index (κ2) is 5.53. The minimum absolute atomic E-state index is 0.124. The van der Waals surface area contributed by atoms with Crippen LogP contribution in [0.1, 0.15) is 0 Å². The number of aliphatic hydroxyl groups excluding tert-OH is 1. The molecule has 0 unspecified atom stereocenters. The summed E-state index contributed by atoms with van der Waals surface area (Å²) < 4.78 is 1.88. The van der Waals surface area contributed by atoms with Crippen LogP contribution in [0.2, 0.25) is 5.02 Å². The number of nitrogens with zero attached hydrogens (tertiary/aromatic N) is 3. The summed E-state index contributed by atoms with van der Waals surface area (Å²) in [6, 6.07) is 7.53. The quantitative estimate of drug-likeness (QED) is 0.865. The highest BCUT2D eigenvalue weighted by molar-refractivity contribution is 7.99. The average molecular weight is 270 g/mol. The van der Waals surface area contributed by atoms with E-state index in [1.54, 1.807) is 0 Å². The highest BCUT2D eigenvalue weighted by Crippen LogP contribution is 2.27. The Labute approximate surface area is 109 Å². The maximum absolute atomic E-state index is 8.79. The highest BCUT2D eigenvalue weighted by Gasteiger charge is 2.12. The monoisotopic (exact) mass is 269 g/mol. The van der Waals surface area contributed by atoms with Crippen molar-refractivity contribution in [1.82, 2.24) is 14.8 Å². The number of halogens is 1. The van der Waals surface area contributed by atoms with Crippen molar-refractivity contribution in [2.24, 2.45) is 7.05 Å². The molecule has 90 valence electrons. The third kappa shape index (κ3) is 2.62. The smallest absolute Gasteiger partial charge is 0.191 e. The van der Waals surface area contributed by atoms with Crippen LogP contribution in [0.3, 0.4) is 0 Å². The number of thioether (sulfide) groups is 1. The molecular formula is C11H12ClN3OS. The molecule has 2 rings (SSSR count). The molecule has 0 aliphatic heterocycles. The largest absolute Gasteiger partial charge is 0.396 e. The highest BCUT2D eigenvalue weighted by atomic mass is 35.5. The van der Waals surface area contributed by atoms with E-state index in [1.807, 2.05) is 35.9 Å². The van der Waals surface area contributed by atoms with Gasteiger partial charge in [0.05, 0.1) is 11.6 Å². The summed E-state index contributed by atoms with van der Waals surface area (Å²) in [7, 11) is 1.89. The van der Waals surface area contributed by atoms with E-state index in [1.165, 1.54) is 11.8 Å².